The fourth-order valence-electron chi connectivity index (χ4n) is 1.51. The first kappa shape index (κ1) is 14.0. The second-order valence-electron chi connectivity index (χ2n) is 4.09. The Bertz CT molecular complexity index is 507. The molecule has 0 fully saturated rings. The van der Waals surface area contributed by atoms with Crippen LogP contribution in [0, 0.1) is 0 Å². The van der Waals surface area contributed by atoms with Crippen LogP contribution < -0.4 is 5.56 Å². The summed E-state index contributed by atoms with van der Waals surface area (Å²) in [5.41, 5.74) is 0.231. The van der Waals surface area contributed by atoms with Crippen LogP contribution in [0.1, 0.15) is 23.2 Å². The van der Waals surface area contributed by atoms with Crippen LogP contribution in [0.25, 0.3) is 0 Å². The van der Waals surface area contributed by atoms with Crippen molar-refractivity contribution in [3.05, 3.63) is 34.2 Å². The van der Waals surface area contributed by atoms with E-state index < -0.39 is 5.97 Å². The third-order valence-electron chi connectivity index (χ3n) is 2.56. The first-order valence-corrected chi connectivity index (χ1v) is 5.55. The van der Waals surface area contributed by atoms with E-state index >= 15 is 0 Å². The maximum Gasteiger partial charge on any atom is 0.303 e. The number of rotatable bonds is 5. The zero-order valence-electron chi connectivity index (χ0n) is 10.4. The molecule has 0 unspecified atom stereocenters. The lowest BCUT2D eigenvalue weighted by Crippen LogP contribution is -2.29. The van der Waals surface area contributed by atoms with E-state index in [2.05, 4.69) is 0 Å². The van der Waals surface area contributed by atoms with Gasteiger partial charge in [-0.2, -0.15) is 0 Å². The van der Waals surface area contributed by atoms with Gasteiger partial charge >= 0.3 is 5.97 Å². The SMILES string of the molecule is CN(CCCC(=O)O)C(=O)c1ccc(=O)n(C)c1. The lowest BCUT2D eigenvalue weighted by Gasteiger charge is -2.16. The van der Waals surface area contributed by atoms with Gasteiger partial charge in [0.05, 0.1) is 5.56 Å². The van der Waals surface area contributed by atoms with Gasteiger partial charge < -0.3 is 14.6 Å². The summed E-state index contributed by atoms with van der Waals surface area (Å²) in [4.78, 5) is 34.9. The summed E-state index contributed by atoms with van der Waals surface area (Å²) in [5, 5.41) is 8.51. The largest absolute Gasteiger partial charge is 0.481 e. The first-order valence-electron chi connectivity index (χ1n) is 5.55. The molecule has 98 valence electrons. The molecule has 6 heteroatoms. The van der Waals surface area contributed by atoms with Crippen LogP contribution >= 0.6 is 0 Å². The van der Waals surface area contributed by atoms with Crippen molar-refractivity contribution < 1.29 is 14.7 Å². The quantitative estimate of drug-likeness (QED) is 0.818. The molecule has 0 bridgehead atoms. The Morgan fingerprint density at radius 3 is 2.61 bits per heavy atom. The summed E-state index contributed by atoms with van der Waals surface area (Å²) < 4.78 is 1.33. The molecule has 6 nitrogen and oxygen atoms in total. The highest BCUT2D eigenvalue weighted by atomic mass is 16.4. The van der Waals surface area contributed by atoms with Gasteiger partial charge in [-0.15, -0.1) is 0 Å². The Labute approximate surface area is 104 Å². The minimum atomic E-state index is -0.877. The number of carbonyl (C=O) groups is 2. The van der Waals surface area contributed by atoms with Crippen molar-refractivity contribution in [1.29, 1.82) is 0 Å². The number of carbonyl (C=O) groups excluding carboxylic acids is 1. The number of carboxylic acid groups (broad SMARTS) is 1. The van der Waals surface area contributed by atoms with Gasteiger partial charge in [-0.05, 0) is 12.5 Å². The summed E-state index contributed by atoms with van der Waals surface area (Å²) >= 11 is 0. The molecule has 1 N–H and O–H groups in total. The van der Waals surface area contributed by atoms with Gasteiger partial charge in [0.25, 0.3) is 5.91 Å². The number of aryl methyl sites for hydroxylation is 1. The Hall–Kier alpha value is -2.11. The lowest BCUT2D eigenvalue weighted by molar-refractivity contribution is -0.137. The molecule has 0 saturated heterocycles. The highest BCUT2D eigenvalue weighted by Crippen LogP contribution is 2.02. The number of pyridine rings is 1. The smallest absolute Gasteiger partial charge is 0.303 e. The monoisotopic (exact) mass is 252 g/mol. The van der Waals surface area contributed by atoms with Gasteiger partial charge in [-0.25, -0.2) is 0 Å². The minimum Gasteiger partial charge on any atom is -0.481 e. The molecule has 0 spiro atoms. The van der Waals surface area contributed by atoms with Gasteiger partial charge in [0.1, 0.15) is 0 Å². The first-order chi connectivity index (χ1) is 8.41. The van der Waals surface area contributed by atoms with E-state index in [4.69, 9.17) is 5.11 Å². The number of amides is 1. The number of nitrogens with zero attached hydrogens (tertiary/aromatic N) is 2. The molecule has 0 aliphatic heterocycles. The van der Waals surface area contributed by atoms with Crippen molar-refractivity contribution in [3.63, 3.8) is 0 Å². The minimum absolute atomic E-state index is 0.0326. The Morgan fingerprint density at radius 1 is 1.39 bits per heavy atom. The molecule has 1 heterocycles. The van der Waals surface area contributed by atoms with Gasteiger partial charge in [-0.3, -0.25) is 14.4 Å². The molecular weight excluding hydrogens is 236 g/mol. The van der Waals surface area contributed by atoms with E-state index in [9.17, 15) is 14.4 Å². The van der Waals surface area contributed by atoms with Crippen molar-refractivity contribution in [1.82, 2.24) is 9.47 Å². The van der Waals surface area contributed by atoms with E-state index in [0.717, 1.165) is 0 Å². The van der Waals surface area contributed by atoms with E-state index in [1.54, 1.807) is 14.1 Å². The van der Waals surface area contributed by atoms with Crippen LogP contribution in [0.3, 0.4) is 0 Å². The third kappa shape index (κ3) is 3.73. The fourth-order valence-corrected chi connectivity index (χ4v) is 1.51. The summed E-state index contributed by atoms with van der Waals surface area (Å²) in [5.74, 6) is -1.10. The molecule has 0 atom stereocenters. The fraction of sp³-hybridized carbons (Fsp3) is 0.417. The second kappa shape index (κ2) is 6.00. The zero-order chi connectivity index (χ0) is 13.7. The Balaban J connectivity index is 2.65. The van der Waals surface area contributed by atoms with Gasteiger partial charge in [0, 0.05) is 39.3 Å². The number of carboxylic acids is 1. The summed E-state index contributed by atoms with van der Waals surface area (Å²) in [7, 11) is 3.18. The van der Waals surface area contributed by atoms with Crippen LogP contribution in [-0.4, -0.2) is 40.0 Å². The number of hydrogen-bond donors (Lipinski definition) is 1. The van der Waals surface area contributed by atoms with E-state index in [1.807, 2.05) is 0 Å². The van der Waals surface area contributed by atoms with Gasteiger partial charge in [0.2, 0.25) is 5.56 Å². The van der Waals surface area contributed by atoms with Crippen molar-refractivity contribution in [2.45, 2.75) is 12.8 Å². The lowest BCUT2D eigenvalue weighted by atomic mass is 10.2. The van der Waals surface area contributed by atoms with Crippen LogP contribution in [-0.2, 0) is 11.8 Å². The average Bonchev–Trinajstić information content (AvgIpc) is 2.31. The molecule has 0 saturated carbocycles. The highest BCUT2D eigenvalue weighted by Gasteiger charge is 2.12. The molecular formula is C12H16N2O4. The van der Waals surface area contributed by atoms with Gasteiger partial charge in [-0.1, -0.05) is 0 Å². The topological polar surface area (TPSA) is 79.6 Å². The molecule has 1 rings (SSSR count). The molecule has 18 heavy (non-hydrogen) atoms. The molecule has 1 aromatic heterocycles. The van der Waals surface area contributed by atoms with Crippen molar-refractivity contribution >= 4 is 11.9 Å². The molecule has 1 amide bonds. The maximum atomic E-state index is 11.9. The maximum absolute atomic E-state index is 11.9. The number of aliphatic carboxylic acids is 1. The third-order valence-corrected chi connectivity index (χ3v) is 2.56. The predicted octanol–water partition coefficient (Wildman–Crippen LogP) is 0.322. The zero-order valence-corrected chi connectivity index (χ0v) is 10.4. The molecule has 0 aromatic carbocycles. The van der Waals surface area contributed by atoms with Gasteiger partial charge in [0.15, 0.2) is 0 Å². The van der Waals surface area contributed by atoms with Crippen LogP contribution in [0.5, 0.6) is 0 Å². The number of hydrogen-bond acceptors (Lipinski definition) is 3. The Kier molecular flexibility index (Phi) is 4.65. The normalized spacial score (nSPS) is 10.1. The predicted molar refractivity (Wildman–Crippen MR) is 65.5 cm³/mol. The summed E-state index contributed by atoms with van der Waals surface area (Å²) in [6.07, 6.45) is 1.91. The summed E-state index contributed by atoms with van der Waals surface area (Å²) in [6.45, 7) is 0.369. The van der Waals surface area contributed by atoms with Crippen LogP contribution in [0.15, 0.2) is 23.1 Å². The highest BCUT2D eigenvalue weighted by molar-refractivity contribution is 5.93. The molecule has 0 aliphatic carbocycles. The second-order valence-corrected chi connectivity index (χ2v) is 4.09. The van der Waals surface area contributed by atoms with Crippen molar-refractivity contribution in [3.8, 4) is 0 Å². The van der Waals surface area contributed by atoms with E-state index in [-0.39, 0.29) is 17.9 Å². The Morgan fingerprint density at radius 2 is 2.06 bits per heavy atom. The standard InChI is InChI=1S/C12H16N2O4/c1-13(7-3-4-11(16)17)12(18)9-5-6-10(15)14(2)8-9/h5-6,8H,3-4,7H2,1-2H3,(H,16,17). The summed E-state index contributed by atoms with van der Waals surface area (Å²) in [6, 6.07) is 2.80. The van der Waals surface area contributed by atoms with E-state index in [1.165, 1.54) is 27.8 Å². The number of aromatic nitrogens is 1. The average molecular weight is 252 g/mol. The molecule has 0 aliphatic rings. The van der Waals surface area contributed by atoms with Crippen molar-refractivity contribution in [2.24, 2.45) is 7.05 Å². The molecule has 0 radical (unpaired) electrons. The van der Waals surface area contributed by atoms with Crippen molar-refractivity contribution in [2.75, 3.05) is 13.6 Å². The molecule has 1 aromatic rings. The van der Waals surface area contributed by atoms with Crippen LogP contribution in [0.2, 0.25) is 0 Å². The van der Waals surface area contributed by atoms with E-state index in [0.29, 0.717) is 18.5 Å². The van der Waals surface area contributed by atoms with Crippen LogP contribution in [0.4, 0.5) is 0 Å².